The molecule has 0 aliphatic carbocycles. The van der Waals surface area contributed by atoms with Crippen molar-refractivity contribution in [3.8, 4) is 5.75 Å². The first-order valence-corrected chi connectivity index (χ1v) is 5.50. The minimum Gasteiger partial charge on any atom is -0.496 e. The first kappa shape index (κ1) is 11.0. The third-order valence-corrected chi connectivity index (χ3v) is 2.76. The van der Waals surface area contributed by atoms with Crippen LogP contribution in [0.25, 0.3) is 0 Å². The highest BCUT2D eigenvalue weighted by molar-refractivity contribution is 5.39. The summed E-state index contributed by atoms with van der Waals surface area (Å²) in [6, 6.07) is 8.09. The number of hydrogen-bond acceptors (Lipinski definition) is 3. The summed E-state index contributed by atoms with van der Waals surface area (Å²) in [4.78, 5) is 0. The number of nitrogens with one attached hydrogen (secondary N) is 1. The van der Waals surface area contributed by atoms with Crippen molar-refractivity contribution in [2.24, 2.45) is 0 Å². The molecule has 3 heteroatoms. The molecule has 0 amide bonds. The first-order chi connectivity index (χ1) is 7.86. The van der Waals surface area contributed by atoms with Crippen molar-refractivity contribution < 1.29 is 9.47 Å². The van der Waals surface area contributed by atoms with E-state index in [0.29, 0.717) is 0 Å². The number of hydrogen-bond donors (Lipinski definition) is 1. The van der Waals surface area contributed by atoms with E-state index in [0.717, 1.165) is 30.1 Å². The number of rotatable bonds is 4. The van der Waals surface area contributed by atoms with Crippen LogP contribution in [-0.2, 0) is 4.74 Å². The third-order valence-electron chi connectivity index (χ3n) is 2.76. The lowest BCUT2D eigenvalue weighted by molar-refractivity contribution is 0.216. The summed E-state index contributed by atoms with van der Waals surface area (Å²) < 4.78 is 11.0. The quantitative estimate of drug-likeness (QED) is 0.842. The molecule has 2 rings (SSSR count). The number of ether oxygens (including phenoxy) is 2. The molecule has 0 aromatic heterocycles. The molecule has 0 spiro atoms. The van der Waals surface area contributed by atoms with Crippen LogP contribution in [0.2, 0.25) is 0 Å². The number of likely N-dealkylation sites (N-methyl/N-ethyl adjacent to an activating group) is 1. The molecule has 16 heavy (non-hydrogen) atoms. The van der Waals surface area contributed by atoms with Gasteiger partial charge in [0.05, 0.1) is 19.8 Å². The number of para-hydroxylation sites is 1. The molecular weight excluding hydrogens is 202 g/mol. The van der Waals surface area contributed by atoms with E-state index in [1.165, 1.54) is 0 Å². The molecule has 0 saturated heterocycles. The molecule has 1 aromatic carbocycles. The maximum Gasteiger partial charge on any atom is 0.124 e. The fourth-order valence-electron chi connectivity index (χ4n) is 1.99. The van der Waals surface area contributed by atoms with Crippen LogP contribution in [0.1, 0.15) is 18.0 Å². The van der Waals surface area contributed by atoms with Crippen molar-refractivity contribution >= 4 is 0 Å². The van der Waals surface area contributed by atoms with Gasteiger partial charge in [0, 0.05) is 12.0 Å². The zero-order valence-corrected chi connectivity index (χ0v) is 9.69. The molecule has 1 unspecified atom stereocenters. The maximum atomic E-state index is 5.60. The molecule has 1 heterocycles. The predicted octanol–water partition coefficient (Wildman–Crippen LogP) is 2.26. The monoisotopic (exact) mass is 219 g/mol. The Hall–Kier alpha value is -1.48. The van der Waals surface area contributed by atoms with Crippen LogP contribution in [0, 0.1) is 0 Å². The van der Waals surface area contributed by atoms with E-state index in [2.05, 4.69) is 17.5 Å². The fraction of sp³-hybridized carbons (Fsp3) is 0.385. The van der Waals surface area contributed by atoms with Gasteiger partial charge in [-0.2, -0.15) is 0 Å². The lowest BCUT2D eigenvalue weighted by Crippen LogP contribution is -2.19. The van der Waals surface area contributed by atoms with E-state index in [-0.39, 0.29) is 6.04 Å². The van der Waals surface area contributed by atoms with E-state index >= 15 is 0 Å². The van der Waals surface area contributed by atoms with Crippen LogP contribution in [0.3, 0.4) is 0 Å². The van der Waals surface area contributed by atoms with Crippen LogP contribution >= 0.6 is 0 Å². The van der Waals surface area contributed by atoms with Crippen LogP contribution in [0.4, 0.5) is 0 Å². The Morgan fingerprint density at radius 2 is 2.19 bits per heavy atom. The zero-order chi connectivity index (χ0) is 11.4. The number of benzene rings is 1. The highest BCUT2D eigenvalue weighted by Crippen LogP contribution is 2.31. The van der Waals surface area contributed by atoms with Crippen LogP contribution in [0.5, 0.6) is 5.75 Å². The molecule has 0 saturated carbocycles. The molecule has 1 N–H and O–H groups in total. The average Bonchev–Trinajstić information content (AvgIpc) is 2.84. The first-order valence-electron chi connectivity index (χ1n) is 5.50. The van der Waals surface area contributed by atoms with Gasteiger partial charge in [-0.15, -0.1) is 0 Å². The second-order valence-electron chi connectivity index (χ2n) is 3.71. The van der Waals surface area contributed by atoms with Crippen LogP contribution < -0.4 is 10.1 Å². The van der Waals surface area contributed by atoms with Crippen molar-refractivity contribution in [2.75, 3.05) is 20.8 Å². The van der Waals surface area contributed by atoms with E-state index < -0.39 is 0 Å². The summed E-state index contributed by atoms with van der Waals surface area (Å²) in [6.07, 6.45) is 3.12. The Morgan fingerprint density at radius 1 is 1.38 bits per heavy atom. The van der Waals surface area contributed by atoms with E-state index in [1.54, 1.807) is 7.11 Å². The molecule has 1 aliphatic heterocycles. The van der Waals surface area contributed by atoms with Crippen molar-refractivity contribution in [2.45, 2.75) is 12.5 Å². The minimum atomic E-state index is 0.0821. The number of methoxy groups -OCH3 is 1. The lowest BCUT2D eigenvalue weighted by atomic mass is 10.0. The van der Waals surface area contributed by atoms with Crippen molar-refractivity contribution in [3.63, 3.8) is 0 Å². The highest BCUT2D eigenvalue weighted by atomic mass is 16.5. The van der Waals surface area contributed by atoms with Crippen LogP contribution in [0.15, 0.2) is 36.1 Å². The van der Waals surface area contributed by atoms with Crippen LogP contribution in [-0.4, -0.2) is 20.8 Å². The second kappa shape index (κ2) is 5.03. The SMILES string of the molecule is CNC(C1=CCCO1)c1ccccc1OC. The van der Waals surface area contributed by atoms with Gasteiger partial charge in [-0.25, -0.2) is 0 Å². The Labute approximate surface area is 96.1 Å². The van der Waals surface area contributed by atoms with E-state index in [9.17, 15) is 0 Å². The normalized spacial score (nSPS) is 16.5. The largest absolute Gasteiger partial charge is 0.496 e. The molecule has 1 aromatic rings. The summed E-state index contributed by atoms with van der Waals surface area (Å²) in [5.41, 5.74) is 1.11. The third kappa shape index (κ3) is 2.04. The van der Waals surface area contributed by atoms with Gasteiger partial charge in [0.15, 0.2) is 0 Å². The molecule has 0 radical (unpaired) electrons. The molecular formula is C13H17NO2. The Kier molecular flexibility index (Phi) is 3.47. The van der Waals surface area contributed by atoms with Gasteiger partial charge in [0.2, 0.25) is 0 Å². The van der Waals surface area contributed by atoms with Gasteiger partial charge in [0.25, 0.3) is 0 Å². The molecule has 3 nitrogen and oxygen atoms in total. The summed E-state index contributed by atoms with van der Waals surface area (Å²) in [5.74, 6) is 1.88. The zero-order valence-electron chi connectivity index (χ0n) is 9.69. The van der Waals surface area contributed by atoms with Crippen molar-refractivity contribution in [1.82, 2.24) is 5.32 Å². The van der Waals surface area contributed by atoms with E-state index in [4.69, 9.17) is 9.47 Å². The topological polar surface area (TPSA) is 30.5 Å². The lowest BCUT2D eigenvalue weighted by Gasteiger charge is -2.20. The molecule has 0 fully saturated rings. The maximum absolute atomic E-state index is 5.60. The predicted molar refractivity (Wildman–Crippen MR) is 63.4 cm³/mol. The fourth-order valence-corrected chi connectivity index (χ4v) is 1.99. The van der Waals surface area contributed by atoms with Gasteiger partial charge in [-0.3, -0.25) is 0 Å². The second-order valence-corrected chi connectivity index (χ2v) is 3.71. The van der Waals surface area contributed by atoms with Gasteiger partial charge >= 0.3 is 0 Å². The summed E-state index contributed by atoms with van der Waals surface area (Å²) in [6.45, 7) is 0.780. The Bertz CT molecular complexity index is 387. The average molecular weight is 219 g/mol. The molecule has 1 aliphatic rings. The van der Waals surface area contributed by atoms with Crippen molar-refractivity contribution in [1.29, 1.82) is 0 Å². The molecule has 1 atom stereocenters. The van der Waals surface area contributed by atoms with Gasteiger partial charge in [-0.05, 0) is 19.2 Å². The van der Waals surface area contributed by atoms with Crippen molar-refractivity contribution in [3.05, 3.63) is 41.7 Å². The van der Waals surface area contributed by atoms with Gasteiger partial charge < -0.3 is 14.8 Å². The Morgan fingerprint density at radius 3 is 2.81 bits per heavy atom. The molecule has 0 bridgehead atoms. The molecule has 86 valence electrons. The summed E-state index contributed by atoms with van der Waals surface area (Å²) >= 11 is 0. The van der Waals surface area contributed by atoms with Gasteiger partial charge in [-0.1, -0.05) is 18.2 Å². The summed E-state index contributed by atoms with van der Waals surface area (Å²) in [7, 11) is 3.62. The minimum absolute atomic E-state index is 0.0821. The standard InChI is InChI=1S/C13H17NO2/c1-14-13(12-8-5-9-16-12)10-6-3-4-7-11(10)15-2/h3-4,6-8,13-14H,5,9H2,1-2H3. The summed E-state index contributed by atoms with van der Waals surface area (Å²) in [5, 5.41) is 3.26. The van der Waals surface area contributed by atoms with Gasteiger partial charge in [0.1, 0.15) is 11.5 Å². The smallest absolute Gasteiger partial charge is 0.124 e. The Balaban J connectivity index is 2.32. The highest BCUT2D eigenvalue weighted by Gasteiger charge is 2.21. The van der Waals surface area contributed by atoms with E-state index in [1.807, 2.05) is 25.2 Å².